The average Bonchev–Trinajstić information content (AvgIpc) is 3.89. The molecule has 5 heteroatoms. The molecule has 11 aromatic carbocycles. The molecule has 0 spiro atoms. The lowest BCUT2D eigenvalue weighted by atomic mass is 10.0. The van der Waals surface area contributed by atoms with Crippen LogP contribution in [0.1, 0.15) is 0 Å². The van der Waals surface area contributed by atoms with E-state index in [1.54, 1.807) is 0 Å². The fraction of sp³-hybridized carbons (Fsp3) is 0. The van der Waals surface area contributed by atoms with Gasteiger partial charge in [-0.15, -0.1) is 0 Å². The minimum atomic E-state index is 0.632. The van der Waals surface area contributed by atoms with Crippen LogP contribution in [0.15, 0.2) is 224 Å². The van der Waals surface area contributed by atoms with E-state index in [1.807, 2.05) is 18.2 Å². The Kier molecular flexibility index (Phi) is 7.91. The lowest BCUT2D eigenvalue weighted by Crippen LogP contribution is -2.00. The first-order chi connectivity index (χ1) is 32.7. The number of fused-ring (bicyclic) bond motifs is 11. The minimum absolute atomic E-state index is 0.632. The Balaban J connectivity index is 0.990. The van der Waals surface area contributed by atoms with Crippen LogP contribution in [0.3, 0.4) is 0 Å². The first kappa shape index (κ1) is 36.5. The Morgan fingerprint density at radius 2 is 0.833 bits per heavy atom. The van der Waals surface area contributed by atoms with Gasteiger partial charge in [-0.05, 0) is 92.3 Å². The van der Waals surface area contributed by atoms with Gasteiger partial charge in [0.2, 0.25) is 0 Å². The molecule has 14 aromatic rings. The lowest BCUT2D eigenvalue weighted by molar-refractivity contribution is 1.07. The number of hydrogen-bond acceptors (Lipinski definition) is 3. The van der Waals surface area contributed by atoms with Gasteiger partial charge in [0.25, 0.3) is 0 Å². The predicted molar refractivity (Wildman–Crippen MR) is 275 cm³/mol. The molecule has 0 aliphatic carbocycles. The smallest absolute Gasteiger partial charge is 0.164 e. The number of rotatable bonds is 5. The van der Waals surface area contributed by atoms with Gasteiger partial charge < -0.3 is 9.13 Å². The maximum Gasteiger partial charge on any atom is 0.164 e. The Morgan fingerprint density at radius 3 is 1.62 bits per heavy atom. The molecule has 0 aliphatic rings. The third-order valence-corrected chi connectivity index (χ3v) is 13.5. The van der Waals surface area contributed by atoms with Crippen molar-refractivity contribution in [3.05, 3.63) is 224 Å². The highest BCUT2D eigenvalue weighted by Gasteiger charge is 2.21. The molecule has 66 heavy (non-hydrogen) atoms. The Hall–Kier alpha value is -8.93. The molecule has 0 aliphatic heterocycles. The highest BCUT2D eigenvalue weighted by molar-refractivity contribution is 6.25. The third-order valence-electron chi connectivity index (χ3n) is 13.5. The van der Waals surface area contributed by atoms with E-state index in [4.69, 9.17) is 15.0 Å². The number of nitrogens with zero attached hydrogens (tertiary/aromatic N) is 5. The maximum absolute atomic E-state index is 5.15. The van der Waals surface area contributed by atoms with Crippen molar-refractivity contribution in [2.45, 2.75) is 0 Å². The summed E-state index contributed by atoms with van der Waals surface area (Å²) in [6, 6.07) is 80.7. The van der Waals surface area contributed by atoms with Crippen LogP contribution in [-0.2, 0) is 0 Å². The second-order valence-corrected chi connectivity index (χ2v) is 17.2. The Bertz CT molecular complexity index is 4290. The SMILES string of the molecule is c1ccc(-c2nc(-c3ccc4ccccc4c3)nc(-c3ccc4c(-n5c6ccccc6c6cc7c8c9ccccc9ccc8n(-c8ccc9ccccc9c8)c7cc65)cccc4c3)n2)cc1. The van der Waals surface area contributed by atoms with Crippen molar-refractivity contribution in [3.63, 3.8) is 0 Å². The van der Waals surface area contributed by atoms with Crippen LogP contribution in [-0.4, -0.2) is 24.1 Å². The second-order valence-electron chi connectivity index (χ2n) is 17.2. The van der Waals surface area contributed by atoms with Gasteiger partial charge in [0, 0.05) is 49.3 Å². The van der Waals surface area contributed by atoms with Gasteiger partial charge in [-0.3, -0.25) is 0 Å². The van der Waals surface area contributed by atoms with Crippen LogP contribution in [0.2, 0.25) is 0 Å². The van der Waals surface area contributed by atoms with Crippen LogP contribution >= 0.6 is 0 Å². The second kappa shape index (κ2) is 14.3. The zero-order valence-electron chi connectivity index (χ0n) is 35.6. The van der Waals surface area contributed by atoms with Gasteiger partial charge >= 0.3 is 0 Å². The van der Waals surface area contributed by atoms with E-state index in [2.05, 4.69) is 215 Å². The standard InChI is InChI=1S/C61H37N5/c1-2-16-41(17-3-1)59-62-60(45-26-25-38-13-4-6-18-42(38)33-45)64-61(63-59)46-28-31-48-44(34-46)20-12-24-53(48)66-54-23-11-10-22-50(54)51-36-52-57(37-56(51)66)65(47-30-27-39-14-5-7-19-43(39)35-47)55-32-29-40-15-8-9-21-49(40)58(52)55/h1-37H. The zero-order chi connectivity index (χ0) is 43.3. The summed E-state index contributed by atoms with van der Waals surface area (Å²) in [5, 5.41) is 14.4. The highest BCUT2D eigenvalue weighted by atomic mass is 15.0. The molecule has 0 N–H and O–H groups in total. The molecule has 3 aromatic heterocycles. The molecule has 0 fully saturated rings. The molecule has 0 saturated heterocycles. The molecular formula is C61H37N5. The molecule has 0 radical (unpaired) electrons. The number of para-hydroxylation sites is 1. The fourth-order valence-electron chi connectivity index (χ4n) is 10.4. The quantitative estimate of drug-likeness (QED) is 0.173. The van der Waals surface area contributed by atoms with Crippen LogP contribution in [0.5, 0.6) is 0 Å². The predicted octanol–water partition coefficient (Wildman–Crippen LogP) is 15.7. The van der Waals surface area contributed by atoms with Crippen LogP contribution < -0.4 is 0 Å². The van der Waals surface area contributed by atoms with Crippen molar-refractivity contribution in [1.29, 1.82) is 0 Å². The summed E-state index contributed by atoms with van der Waals surface area (Å²) in [7, 11) is 0. The van der Waals surface area contributed by atoms with Crippen LogP contribution in [0.4, 0.5) is 0 Å². The first-order valence-corrected chi connectivity index (χ1v) is 22.4. The van der Waals surface area contributed by atoms with Gasteiger partial charge in [-0.1, -0.05) is 170 Å². The minimum Gasteiger partial charge on any atom is -0.309 e. The van der Waals surface area contributed by atoms with Crippen LogP contribution in [0.25, 0.3) is 132 Å². The van der Waals surface area contributed by atoms with E-state index in [-0.39, 0.29) is 0 Å². The van der Waals surface area contributed by atoms with E-state index in [9.17, 15) is 0 Å². The van der Waals surface area contributed by atoms with Crippen molar-refractivity contribution >= 4 is 86.7 Å². The molecule has 0 atom stereocenters. The summed E-state index contributed by atoms with van der Waals surface area (Å²) in [6.07, 6.45) is 0. The highest BCUT2D eigenvalue weighted by Crippen LogP contribution is 2.43. The Morgan fingerprint density at radius 1 is 0.258 bits per heavy atom. The maximum atomic E-state index is 5.15. The zero-order valence-corrected chi connectivity index (χ0v) is 35.6. The van der Waals surface area contributed by atoms with E-state index < -0.39 is 0 Å². The summed E-state index contributed by atoms with van der Waals surface area (Å²) < 4.78 is 4.92. The number of hydrogen-bond donors (Lipinski definition) is 0. The van der Waals surface area contributed by atoms with E-state index >= 15 is 0 Å². The van der Waals surface area contributed by atoms with Crippen molar-refractivity contribution < 1.29 is 0 Å². The lowest BCUT2D eigenvalue weighted by Gasteiger charge is -2.14. The third kappa shape index (κ3) is 5.63. The molecule has 0 amide bonds. The molecule has 0 unspecified atom stereocenters. The van der Waals surface area contributed by atoms with Gasteiger partial charge in [0.05, 0.1) is 27.8 Å². The topological polar surface area (TPSA) is 48.5 Å². The van der Waals surface area contributed by atoms with E-state index in [0.717, 1.165) is 55.3 Å². The molecule has 0 saturated carbocycles. The van der Waals surface area contributed by atoms with Gasteiger partial charge in [0.15, 0.2) is 17.5 Å². The van der Waals surface area contributed by atoms with Gasteiger partial charge in [-0.25, -0.2) is 15.0 Å². The summed E-state index contributed by atoms with van der Waals surface area (Å²) in [6.45, 7) is 0. The number of benzene rings is 11. The van der Waals surface area contributed by atoms with Crippen molar-refractivity contribution in [2.24, 2.45) is 0 Å². The average molecular weight is 840 g/mol. The summed E-state index contributed by atoms with van der Waals surface area (Å²) in [5.74, 6) is 1.92. The van der Waals surface area contributed by atoms with Gasteiger partial charge in [0.1, 0.15) is 0 Å². The fourth-order valence-corrected chi connectivity index (χ4v) is 10.4. The molecule has 0 bridgehead atoms. The molecule has 14 rings (SSSR count). The summed E-state index contributed by atoms with van der Waals surface area (Å²) >= 11 is 0. The van der Waals surface area contributed by atoms with E-state index in [0.29, 0.717) is 17.5 Å². The first-order valence-electron chi connectivity index (χ1n) is 22.4. The van der Waals surface area contributed by atoms with Crippen molar-refractivity contribution in [3.8, 4) is 45.5 Å². The monoisotopic (exact) mass is 839 g/mol. The number of aromatic nitrogens is 5. The van der Waals surface area contributed by atoms with Gasteiger partial charge in [-0.2, -0.15) is 0 Å². The molecule has 306 valence electrons. The largest absolute Gasteiger partial charge is 0.309 e. The summed E-state index contributed by atoms with van der Waals surface area (Å²) in [5.41, 5.74) is 9.75. The van der Waals surface area contributed by atoms with E-state index in [1.165, 1.54) is 59.5 Å². The molecule has 5 nitrogen and oxygen atoms in total. The molecule has 3 heterocycles. The summed E-state index contributed by atoms with van der Waals surface area (Å²) in [4.78, 5) is 15.3. The van der Waals surface area contributed by atoms with Crippen molar-refractivity contribution in [2.75, 3.05) is 0 Å². The normalized spacial score (nSPS) is 11.9. The van der Waals surface area contributed by atoms with Crippen LogP contribution in [0, 0.1) is 0 Å². The molecular weight excluding hydrogens is 803 g/mol. The van der Waals surface area contributed by atoms with Crippen molar-refractivity contribution in [1.82, 2.24) is 24.1 Å². The Labute approximate surface area is 379 Å².